The van der Waals surface area contributed by atoms with Gasteiger partial charge in [-0.25, -0.2) is 14.2 Å². The summed E-state index contributed by atoms with van der Waals surface area (Å²) >= 11 is 0. The second-order valence-corrected chi connectivity index (χ2v) is 10.8. The van der Waals surface area contributed by atoms with Gasteiger partial charge in [-0.1, -0.05) is 0 Å². The zero-order valence-electron chi connectivity index (χ0n) is 23.7. The van der Waals surface area contributed by atoms with Crippen LogP contribution in [0.1, 0.15) is 20.7 Å². The second-order valence-electron chi connectivity index (χ2n) is 9.38. The van der Waals surface area contributed by atoms with Crippen LogP contribution in [0.25, 0.3) is 0 Å². The number of rotatable bonds is 16. The monoisotopic (exact) mass is 586 g/mol. The number of hydrogen-bond donors (Lipinski definition) is 1. The topological polar surface area (TPSA) is 145 Å². The van der Waals surface area contributed by atoms with Crippen molar-refractivity contribution in [3.05, 3.63) is 47.5 Å². The molecule has 0 amide bonds. The first kappa shape index (κ1) is 32.9. The quantitative estimate of drug-likeness (QED) is 0.175. The average molecular weight is 587 g/mol. The molecule has 222 valence electrons. The summed E-state index contributed by atoms with van der Waals surface area (Å²) < 4.78 is 54.5. The number of likely N-dealkylation sites (N-methyl/N-ethyl adjacent to an activating group) is 1. The van der Waals surface area contributed by atoms with E-state index < -0.39 is 39.1 Å². The maximum Gasteiger partial charge on any atom is 0.472 e. The number of ether oxygens (including phenoxy) is 6. The first-order valence-electron chi connectivity index (χ1n) is 12.1. The van der Waals surface area contributed by atoms with Gasteiger partial charge in [-0.15, -0.1) is 0 Å². The molecule has 0 aliphatic carbocycles. The van der Waals surface area contributed by atoms with Crippen LogP contribution in [0.4, 0.5) is 0 Å². The highest BCUT2D eigenvalue weighted by atomic mass is 31.2. The number of methoxy groups -OCH3 is 4. The Bertz CT molecular complexity index is 1200. The van der Waals surface area contributed by atoms with Gasteiger partial charge in [0.15, 0.2) is 29.1 Å². The maximum atomic E-state index is 12.9. The van der Waals surface area contributed by atoms with Crippen LogP contribution >= 0.6 is 7.82 Å². The lowest BCUT2D eigenvalue weighted by Crippen LogP contribution is -2.37. The fraction of sp³-hybridized carbons (Fsp3) is 0.462. The molecule has 13 nitrogen and oxygen atoms in total. The molecular formula is C26H37NO12P+. The molecule has 0 fully saturated rings. The fourth-order valence-corrected chi connectivity index (χ4v) is 3.90. The standard InChI is InChI=1S/C26H36NO12P/c1-27(2,3)12-13-37-40(30,31)38-17-20(39-26(29)19-9-11-22(33-5)24(15-19)35-7)16-36-25(28)18-8-10-21(32-4)23(14-18)34-6/h8-11,14-15,20H,12-13,16-17H2,1-7H3/p+1/t20-/m1/s1. The molecule has 40 heavy (non-hydrogen) atoms. The summed E-state index contributed by atoms with van der Waals surface area (Å²) in [5.41, 5.74) is 0.236. The molecule has 0 saturated carbocycles. The maximum absolute atomic E-state index is 12.9. The SMILES string of the molecule is COc1ccc(C(=O)OC[C@H](COP(=O)(O)OCC[N+](C)(C)C)OC(=O)c2ccc(OC)c(OC)c2)cc1OC. The van der Waals surface area contributed by atoms with Crippen LogP contribution in [0.5, 0.6) is 23.0 Å². The van der Waals surface area contributed by atoms with Crippen LogP contribution in [0.3, 0.4) is 0 Å². The van der Waals surface area contributed by atoms with Crippen molar-refractivity contribution in [1.29, 1.82) is 0 Å². The lowest BCUT2D eigenvalue weighted by atomic mass is 10.2. The molecule has 2 aromatic rings. The van der Waals surface area contributed by atoms with E-state index in [1.54, 1.807) is 0 Å². The van der Waals surface area contributed by atoms with Gasteiger partial charge in [-0.05, 0) is 36.4 Å². The van der Waals surface area contributed by atoms with Gasteiger partial charge in [0.1, 0.15) is 19.8 Å². The predicted molar refractivity (Wildman–Crippen MR) is 143 cm³/mol. The Morgan fingerprint density at radius 3 is 1.75 bits per heavy atom. The summed E-state index contributed by atoms with van der Waals surface area (Å²) in [6.07, 6.45) is -1.27. The molecule has 2 aromatic carbocycles. The highest BCUT2D eigenvalue weighted by molar-refractivity contribution is 7.47. The van der Waals surface area contributed by atoms with E-state index >= 15 is 0 Å². The van der Waals surface area contributed by atoms with Crippen molar-refractivity contribution in [2.75, 3.05) is 75.9 Å². The number of carbonyl (C=O) groups excluding carboxylic acids is 2. The van der Waals surface area contributed by atoms with Gasteiger partial charge < -0.3 is 37.8 Å². The number of hydrogen-bond acceptors (Lipinski definition) is 11. The van der Waals surface area contributed by atoms with E-state index in [-0.39, 0.29) is 23.5 Å². The van der Waals surface area contributed by atoms with Gasteiger partial charge in [0.25, 0.3) is 0 Å². The molecule has 2 rings (SSSR count). The minimum atomic E-state index is -4.51. The zero-order valence-corrected chi connectivity index (χ0v) is 24.6. The predicted octanol–water partition coefficient (Wildman–Crippen LogP) is 2.94. The summed E-state index contributed by atoms with van der Waals surface area (Å²) in [5, 5.41) is 0. The molecule has 0 aromatic heterocycles. The number of esters is 2. The molecule has 0 bridgehead atoms. The van der Waals surface area contributed by atoms with Gasteiger partial charge in [0, 0.05) is 0 Å². The summed E-state index contributed by atoms with van der Waals surface area (Å²) in [5.74, 6) is -0.179. The van der Waals surface area contributed by atoms with Crippen LogP contribution in [0.15, 0.2) is 36.4 Å². The Hall–Kier alpha value is -3.35. The summed E-state index contributed by atoms with van der Waals surface area (Å²) in [6, 6.07) is 8.78. The van der Waals surface area contributed by atoms with Gasteiger partial charge in [-0.3, -0.25) is 9.05 Å². The van der Waals surface area contributed by atoms with Crippen LogP contribution < -0.4 is 18.9 Å². The lowest BCUT2D eigenvalue weighted by molar-refractivity contribution is -0.870. The third-order valence-electron chi connectivity index (χ3n) is 5.35. The van der Waals surface area contributed by atoms with Crippen LogP contribution in [0.2, 0.25) is 0 Å². The van der Waals surface area contributed by atoms with Crippen molar-refractivity contribution in [2.45, 2.75) is 6.10 Å². The smallest absolute Gasteiger partial charge is 0.472 e. The number of carbonyl (C=O) groups is 2. The Labute approximate surface area is 233 Å². The van der Waals surface area contributed by atoms with E-state index in [0.717, 1.165) is 0 Å². The number of phosphoric ester groups is 1. The van der Waals surface area contributed by atoms with E-state index in [1.807, 2.05) is 21.1 Å². The summed E-state index contributed by atoms with van der Waals surface area (Å²) in [6.45, 7) is -0.711. The second kappa shape index (κ2) is 14.9. The molecule has 14 heteroatoms. The Balaban J connectivity index is 2.16. The van der Waals surface area contributed by atoms with Gasteiger partial charge in [0.2, 0.25) is 0 Å². The molecule has 0 radical (unpaired) electrons. The zero-order chi connectivity index (χ0) is 29.9. The van der Waals surface area contributed by atoms with Crippen LogP contribution in [-0.4, -0.2) is 103 Å². The lowest BCUT2D eigenvalue weighted by Gasteiger charge is -2.24. The molecule has 0 aliphatic heterocycles. The Kier molecular flexibility index (Phi) is 12.2. The summed E-state index contributed by atoms with van der Waals surface area (Å²) in [7, 11) is 6.91. The van der Waals surface area contributed by atoms with Gasteiger partial charge in [0.05, 0.1) is 67.3 Å². The highest BCUT2D eigenvalue weighted by Crippen LogP contribution is 2.43. The van der Waals surface area contributed by atoms with Crippen molar-refractivity contribution in [3.63, 3.8) is 0 Å². The third-order valence-corrected chi connectivity index (χ3v) is 6.34. The number of nitrogens with zero attached hydrogens (tertiary/aromatic N) is 1. The molecule has 1 unspecified atom stereocenters. The minimum Gasteiger partial charge on any atom is -0.493 e. The number of quaternary nitrogens is 1. The van der Waals surface area contributed by atoms with E-state index in [1.165, 1.54) is 64.8 Å². The fourth-order valence-electron chi connectivity index (χ4n) is 3.16. The Morgan fingerprint density at radius 1 is 0.775 bits per heavy atom. The summed E-state index contributed by atoms with van der Waals surface area (Å²) in [4.78, 5) is 35.7. The largest absolute Gasteiger partial charge is 0.493 e. The van der Waals surface area contributed by atoms with E-state index in [2.05, 4.69) is 0 Å². The molecular weight excluding hydrogens is 549 g/mol. The Morgan fingerprint density at radius 2 is 1.27 bits per heavy atom. The first-order chi connectivity index (χ1) is 18.8. The molecule has 0 saturated heterocycles. The highest BCUT2D eigenvalue weighted by Gasteiger charge is 2.28. The first-order valence-corrected chi connectivity index (χ1v) is 13.6. The molecule has 0 aliphatic rings. The number of benzene rings is 2. The average Bonchev–Trinajstić information content (AvgIpc) is 2.92. The van der Waals surface area contributed by atoms with Crippen molar-refractivity contribution in [1.82, 2.24) is 0 Å². The van der Waals surface area contributed by atoms with E-state index in [4.69, 9.17) is 37.5 Å². The van der Waals surface area contributed by atoms with Crippen molar-refractivity contribution in [3.8, 4) is 23.0 Å². The molecule has 1 N–H and O–H groups in total. The molecule has 0 spiro atoms. The van der Waals surface area contributed by atoms with Crippen molar-refractivity contribution < 1.29 is 61.0 Å². The van der Waals surface area contributed by atoms with Crippen LogP contribution in [-0.2, 0) is 23.1 Å². The normalized spacial score (nSPS) is 13.5. The van der Waals surface area contributed by atoms with Crippen molar-refractivity contribution >= 4 is 19.8 Å². The van der Waals surface area contributed by atoms with Gasteiger partial charge >= 0.3 is 19.8 Å². The van der Waals surface area contributed by atoms with E-state index in [9.17, 15) is 19.0 Å². The number of phosphoric acid groups is 1. The third kappa shape index (κ3) is 10.3. The van der Waals surface area contributed by atoms with E-state index in [0.29, 0.717) is 28.3 Å². The molecule has 2 atom stereocenters. The van der Waals surface area contributed by atoms with Crippen molar-refractivity contribution in [2.24, 2.45) is 0 Å². The molecule has 0 heterocycles. The van der Waals surface area contributed by atoms with Gasteiger partial charge in [-0.2, -0.15) is 0 Å². The minimum absolute atomic E-state index is 0.0539. The van der Waals surface area contributed by atoms with Crippen LogP contribution in [0, 0.1) is 0 Å².